The Bertz CT molecular complexity index is 457. The molecular formula is C10H10BrN3O2. The van der Waals surface area contributed by atoms with E-state index in [2.05, 4.69) is 26.2 Å². The first kappa shape index (κ1) is 12.4. The summed E-state index contributed by atoms with van der Waals surface area (Å²) < 4.78 is -0.0222. The Balaban J connectivity index is 2.98. The highest BCUT2D eigenvalue weighted by atomic mass is 79.9. The number of aryl methyl sites for hydroxylation is 1. The Kier molecular flexibility index (Phi) is 4.19. The quantitative estimate of drug-likeness (QED) is 0.584. The van der Waals surface area contributed by atoms with Crippen molar-refractivity contribution < 1.29 is 9.90 Å². The molecular weight excluding hydrogens is 274 g/mol. The Morgan fingerprint density at radius 3 is 2.88 bits per heavy atom. The van der Waals surface area contributed by atoms with Gasteiger partial charge in [-0.1, -0.05) is 6.07 Å². The normalized spacial score (nSPS) is 11.0. The van der Waals surface area contributed by atoms with E-state index < -0.39 is 5.97 Å². The maximum atomic E-state index is 10.9. The van der Waals surface area contributed by atoms with E-state index in [1.54, 1.807) is 12.3 Å². The summed E-state index contributed by atoms with van der Waals surface area (Å²) in [5, 5.41) is 18.7. The number of pyridine rings is 1. The number of aromatic nitrogens is 1. The number of hydrogen-bond donors (Lipinski definition) is 3. The first-order valence-electron chi connectivity index (χ1n) is 4.38. The Labute approximate surface area is 101 Å². The van der Waals surface area contributed by atoms with Crippen LogP contribution in [-0.4, -0.2) is 20.7 Å². The van der Waals surface area contributed by atoms with Crippen molar-refractivity contribution in [3.63, 3.8) is 0 Å². The van der Waals surface area contributed by atoms with Crippen LogP contribution in [0.25, 0.3) is 0 Å². The lowest BCUT2D eigenvalue weighted by Crippen LogP contribution is -2.13. The molecule has 16 heavy (non-hydrogen) atoms. The van der Waals surface area contributed by atoms with Gasteiger partial charge in [0.2, 0.25) is 0 Å². The van der Waals surface area contributed by atoms with Crippen molar-refractivity contribution in [3.8, 4) is 0 Å². The van der Waals surface area contributed by atoms with Crippen molar-refractivity contribution in [2.24, 2.45) is 0 Å². The van der Waals surface area contributed by atoms with Crippen molar-refractivity contribution in [3.05, 3.63) is 35.7 Å². The van der Waals surface area contributed by atoms with Gasteiger partial charge in [-0.25, -0.2) is 9.78 Å². The molecule has 0 aliphatic carbocycles. The molecule has 5 nitrogen and oxygen atoms in total. The van der Waals surface area contributed by atoms with Crippen LogP contribution in [0.2, 0.25) is 0 Å². The Hall–Kier alpha value is -1.69. The largest absolute Gasteiger partial charge is 0.477 e. The highest BCUT2D eigenvalue weighted by molar-refractivity contribution is 9.18. The van der Waals surface area contributed by atoms with Gasteiger partial charge in [-0.3, -0.25) is 5.41 Å². The van der Waals surface area contributed by atoms with Crippen molar-refractivity contribution in [1.82, 2.24) is 4.98 Å². The number of hydrogen-bond acceptors (Lipinski definition) is 4. The smallest absolute Gasteiger partial charge is 0.352 e. The monoisotopic (exact) mass is 283 g/mol. The molecule has 0 atom stereocenters. The molecule has 0 spiro atoms. The predicted molar refractivity (Wildman–Crippen MR) is 65.0 cm³/mol. The van der Waals surface area contributed by atoms with Crippen LogP contribution in [0.5, 0.6) is 0 Å². The van der Waals surface area contributed by atoms with Crippen molar-refractivity contribution in [2.45, 2.75) is 6.92 Å². The van der Waals surface area contributed by atoms with Gasteiger partial charge in [0.15, 0.2) is 0 Å². The second kappa shape index (κ2) is 5.41. The molecule has 1 heterocycles. The van der Waals surface area contributed by atoms with Crippen LogP contribution >= 0.6 is 15.9 Å². The number of nitrogens with one attached hydrogen (secondary N) is 2. The lowest BCUT2D eigenvalue weighted by molar-refractivity contribution is -0.132. The van der Waals surface area contributed by atoms with E-state index >= 15 is 0 Å². The van der Waals surface area contributed by atoms with Crippen LogP contribution in [-0.2, 0) is 4.79 Å². The van der Waals surface area contributed by atoms with E-state index in [1.165, 1.54) is 0 Å². The average molecular weight is 284 g/mol. The molecule has 1 aromatic heterocycles. The number of carboxylic acid groups (broad SMARTS) is 1. The fraction of sp³-hybridized carbons (Fsp3) is 0.100. The van der Waals surface area contributed by atoms with Gasteiger partial charge in [0.1, 0.15) is 11.5 Å². The lowest BCUT2D eigenvalue weighted by atomic mass is 10.3. The SMILES string of the molecule is Cc1cccnc1N/C(=C\C(=N)Br)C(=O)O. The van der Waals surface area contributed by atoms with E-state index in [1.807, 2.05) is 13.0 Å². The molecule has 84 valence electrons. The summed E-state index contributed by atoms with van der Waals surface area (Å²) >= 11 is 2.86. The molecule has 0 aromatic carbocycles. The number of aliphatic carboxylic acids is 1. The van der Waals surface area contributed by atoms with Crippen LogP contribution in [0.3, 0.4) is 0 Å². The van der Waals surface area contributed by atoms with Crippen LogP contribution in [0.15, 0.2) is 30.1 Å². The summed E-state index contributed by atoms with van der Waals surface area (Å²) in [5.74, 6) is -0.681. The summed E-state index contributed by atoms with van der Waals surface area (Å²) in [6, 6.07) is 3.57. The third kappa shape index (κ3) is 3.47. The van der Waals surface area contributed by atoms with Crippen LogP contribution in [0, 0.1) is 12.3 Å². The Morgan fingerprint density at radius 2 is 2.38 bits per heavy atom. The highest BCUT2D eigenvalue weighted by Crippen LogP contribution is 2.12. The van der Waals surface area contributed by atoms with E-state index in [9.17, 15) is 4.79 Å². The number of halogens is 1. The van der Waals surface area contributed by atoms with E-state index in [0.717, 1.165) is 11.6 Å². The molecule has 0 radical (unpaired) electrons. The third-order valence-electron chi connectivity index (χ3n) is 1.76. The fourth-order valence-electron chi connectivity index (χ4n) is 1.02. The standard InChI is InChI=1S/C10H10BrN3O2/c1-6-3-2-4-13-9(6)14-7(10(15)16)5-8(11)12/h2-5,12H,1H3,(H,13,14)(H,15,16)/b7-5-,12-8?. The summed E-state index contributed by atoms with van der Waals surface area (Å²) in [4.78, 5) is 14.9. The zero-order valence-corrected chi connectivity index (χ0v) is 10.1. The molecule has 0 amide bonds. The fourth-order valence-corrected chi connectivity index (χ4v) is 1.25. The van der Waals surface area contributed by atoms with Gasteiger partial charge in [-0.15, -0.1) is 0 Å². The van der Waals surface area contributed by atoms with Crippen molar-refractivity contribution >= 4 is 32.3 Å². The first-order chi connectivity index (χ1) is 7.50. The van der Waals surface area contributed by atoms with Crippen LogP contribution in [0.4, 0.5) is 5.82 Å². The van der Waals surface area contributed by atoms with Gasteiger partial charge in [0.05, 0.1) is 4.62 Å². The maximum Gasteiger partial charge on any atom is 0.352 e. The molecule has 0 saturated heterocycles. The highest BCUT2D eigenvalue weighted by Gasteiger charge is 2.09. The molecule has 0 fully saturated rings. The summed E-state index contributed by atoms with van der Waals surface area (Å²) in [7, 11) is 0. The second-order valence-electron chi connectivity index (χ2n) is 3.01. The van der Waals surface area contributed by atoms with E-state index in [-0.39, 0.29) is 10.3 Å². The van der Waals surface area contributed by atoms with Gasteiger partial charge >= 0.3 is 5.97 Å². The zero-order valence-electron chi connectivity index (χ0n) is 8.49. The minimum atomic E-state index is -1.14. The predicted octanol–water partition coefficient (Wildman–Crippen LogP) is 2.14. The zero-order chi connectivity index (χ0) is 12.1. The van der Waals surface area contributed by atoms with Crippen molar-refractivity contribution in [2.75, 3.05) is 5.32 Å². The lowest BCUT2D eigenvalue weighted by Gasteiger charge is -2.07. The van der Waals surface area contributed by atoms with Crippen LogP contribution < -0.4 is 5.32 Å². The molecule has 0 aliphatic rings. The van der Waals surface area contributed by atoms with Crippen molar-refractivity contribution in [1.29, 1.82) is 5.41 Å². The summed E-state index contributed by atoms with van der Waals surface area (Å²) in [6.45, 7) is 1.81. The maximum absolute atomic E-state index is 10.9. The van der Waals surface area contributed by atoms with E-state index in [0.29, 0.717) is 5.82 Å². The van der Waals surface area contributed by atoms with Gasteiger partial charge in [0, 0.05) is 12.3 Å². The molecule has 1 aromatic rings. The topological polar surface area (TPSA) is 86.1 Å². The third-order valence-corrected chi connectivity index (χ3v) is 1.99. The minimum absolute atomic E-state index is 0.0222. The molecule has 3 N–H and O–H groups in total. The summed E-state index contributed by atoms with van der Waals surface area (Å²) in [6.07, 6.45) is 2.73. The van der Waals surface area contributed by atoms with Crippen LogP contribution in [0.1, 0.15) is 5.56 Å². The number of carboxylic acids is 1. The molecule has 0 saturated carbocycles. The number of carbonyl (C=O) groups is 1. The molecule has 0 aliphatic heterocycles. The van der Waals surface area contributed by atoms with E-state index in [4.69, 9.17) is 10.5 Å². The number of anilines is 1. The van der Waals surface area contributed by atoms with Gasteiger partial charge in [-0.05, 0) is 34.5 Å². The Morgan fingerprint density at radius 1 is 1.69 bits per heavy atom. The molecule has 0 unspecified atom stereocenters. The van der Waals surface area contributed by atoms with Gasteiger partial charge < -0.3 is 10.4 Å². The van der Waals surface area contributed by atoms with Gasteiger partial charge in [0.25, 0.3) is 0 Å². The second-order valence-corrected chi connectivity index (χ2v) is 3.86. The molecule has 0 bridgehead atoms. The molecule has 6 heteroatoms. The first-order valence-corrected chi connectivity index (χ1v) is 5.17. The molecule has 1 rings (SSSR count). The number of allylic oxidation sites excluding steroid dienone is 1. The average Bonchev–Trinajstić information content (AvgIpc) is 2.19. The summed E-state index contributed by atoms with van der Waals surface area (Å²) in [5.41, 5.74) is 0.722. The number of rotatable bonds is 4. The number of nitrogens with zero attached hydrogens (tertiary/aromatic N) is 1. The minimum Gasteiger partial charge on any atom is -0.477 e. The van der Waals surface area contributed by atoms with Gasteiger partial charge in [-0.2, -0.15) is 0 Å².